The Kier molecular flexibility index (Phi) is 4.42. The van der Waals surface area contributed by atoms with Gasteiger partial charge in [-0.05, 0) is 17.5 Å². The summed E-state index contributed by atoms with van der Waals surface area (Å²) in [6.45, 7) is 2.30. The standard InChI is InChI=1S/C15H21NO3S2/c1-4-10-5-7-11(8-6-10)12-13(21(3,17)18)15(12,9-19-2)14(16)20/h5-8,12-13H,4,9H2,1-3H3,(H2,16,20)/t12-,13-,15-/m1/s1. The molecule has 21 heavy (non-hydrogen) atoms. The van der Waals surface area contributed by atoms with E-state index in [1.807, 2.05) is 24.3 Å². The van der Waals surface area contributed by atoms with Crippen LogP contribution in [0.3, 0.4) is 0 Å². The van der Waals surface area contributed by atoms with E-state index in [0.717, 1.165) is 12.0 Å². The van der Waals surface area contributed by atoms with Gasteiger partial charge in [0.25, 0.3) is 0 Å². The van der Waals surface area contributed by atoms with Gasteiger partial charge in [-0.25, -0.2) is 8.42 Å². The molecule has 2 rings (SSSR count). The summed E-state index contributed by atoms with van der Waals surface area (Å²) in [4.78, 5) is 0.212. The van der Waals surface area contributed by atoms with Crippen LogP contribution in [-0.2, 0) is 21.0 Å². The maximum atomic E-state index is 12.1. The summed E-state index contributed by atoms with van der Waals surface area (Å²) in [6, 6.07) is 7.98. The van der Waals surface area contributed by atoms with E-state index < -0.39 is 20.5 Å². The van der Waals surface area contributed by atoms with Gasteiger partial charge < -0.3 is 10.5 Å². The van der Waals surface area contributed by atoms with Crippen molar-refractivity contribution in [2.45, 2.75) is 24.5 Å². The van der Waals surface area contributed by atoms with Crippen LogP contribution in [0.5, 0.6) is 0 Å². The highest BCUT2D eigenvalue weighted by atomic mass is 32.2. The lowest BCUT2D eigenvalue weighted by molar-refractivity contribution is 0.166. The van der Waals surface area contributed by atoms with E-state index in [4.69, 9.17) is 22.7 Å². The number of rotatable bonds is 6. The highest BCUT2D eigenvalue weighted by Crippen LogP contribution is 2.63. The van der Waals surface area contributed by atoms with Gasteiger partial charge in [-0.15, -0.1) is 0 Å². The molecule has 0 bridgehead atoms. The lowest BCUT2D eigenvalue weighted by Crippen LogP contribution is -2.32. The molecule has 0 aromatic heterocycles. The van der Waals surface area contributed by atoms with Gasteiger partial charge in [-0.1, -0.05) is 43.4 Å². The van der Waals surface area contributed by atoms with Gasteiger partial charge in [-0.3, -0.25) is 0 Å². The molecule has 0 aliphatic heterocycles. The molecule has 6 heteroatoms. The number of sulfone groups is 1. The lowest BCUT2D eigenvalue weighted by Gasteiger charge is -2.15. The Morgan fingerprint density at radius 1 is 1.38 bits per heavy atom. The summed E-state index contributed by atoms with van der Waals surface area (Å²) in [5, 5.41) is -0.602. The van der Waals surface area contributed by atoms with Crippen molar-refractivity contribution >= 4 is 27.0 Å². The minimum Gasteiger partial charge on any atom is -0.393 e. The number of thiocarbonyl (C=S) groups is 1. The molecule has 0 unspecified atom stereocenters. The van der Waals surface area contributed by atoms with Crippen LogP contribution in [-0.4, -0.2) is 38.6 Å². The fraction of sp³-hybridized carbons (Fsp3) is 0.533. The zero-order valence-corrected chi connectivity index (χ0v) is 14.1. The predicted molar refractivity (Wildman–Crippen MR) is 88.3 cm³/mol. The van der Waals surface area contributed by atoms with Crippen LogP contribution in [0.15, 0.2) is 24.3 Å². The molecular formula is C15H21NO3S2. The molecule has 0 amide bonds. The summed E-state index contributed by atoms with van der Waals surface area (Å²) < 4.78 is 29.5. The van der Waals surface area contributed by atoms with E-state index in [1.165, 1.54) is 18.9 Å². The normalized spacial score (nSPS) is 28.3. The number of benzene rings is 1. The highest BCUT2D eigenvalue weighted by molar-refractivity contribution is 7.92. The van der Waals surface area contributed by atoms with Gasteiger partial charge in [0, 0.05) is 19.3 Å². The maximum absolute atomic E-state index is 12.1. The Labute approximate surface area is 131 Å². The molecule has 1 fully saturated rings. The van der Waals surface area contributed by atoms with Crippen molar-refractivity contribution in [3.8, 4) is 0 Å². The average Bonchev–Trinajstić information content (AvgIpc) is 3.10. The lowest BCUT2D eigenvalue weighted by atomic mass is 9.98. The SMILES string of the molecule is CCc1ccc([C@@H]2[C@@H](S(C)(=O)=O)[C@]2(COC)C(N)=S)cc1. The Morgan fingerprint density at radius 2 is 1.95 bits per heavy atom. The molecule has 0 spiro atoms. The second-order valence-electron chi connectivity index (χ2n) is 5.66. The van der Waals surface area contributed by atoms with E-state index in [1.54, 1.807) is 0 Å². The number of aryl methyl sites for hydroxylation is 1. The van der Waals surface area contributed by atoms with Crippen LogP contribution in [0, 0.1) is 5.41 Å². The van der Waals surface area contributed by atoms with E-state index >= 15 is 0 Å². The first-order chi connectivity index (χ1) is 9.79. The molecule has 1 aliphatic rings. The molecule has 2 N–H and O–H groups in total. The molecule has 4 nitrogen and oxygen atoms in total. The van der Waals surface area contributed by atoms with Crippen LogP contribution >= 0.6 is 12.2 Å². The van der Waals surface area contributed by atoms with Gasteiger partial charge >= 0.3 is 0 Å². The maximum Gasteiger partial charge on any atom is 0.152 e. The van der Waals surface area contributed by atoms with Crippen LogP contribution in [0.4, 0.5) is 0 Å². The van der Waals surface area contributed by atoms with E-state index in [-0.39, 0.29) is 17.5 Å². The second kappa shape index (κ2) is 5.66. The molecule has 3 atom stereocenters. The third-order valence-corrected chi connectivity index (χ3v) is 6.30. The zero-order valence-electron chi connectivity index (χ0n) is 12.5. The van der Waals surface area contributed by atoms with Gasteiger partial charge in [0.05, 0.1) is 22.3 Å². The van der Waals surface area contributed by atoms with Crippen LogP contribution in [0.2, 0.25) is 0 Å². The first-order valence-corrected chi connectivity index (χ1v) is 9.21. The highest BCUT2D eigenvalue weighted by Gasteiger charge is 2.71. The van der Waals surface area contributed by atoms with Crippen molar-refractivity contribution in [1.82, 2.24) is 0 Å². The molecule has 0 radical (unpaired) electrons. The molecular weight excluding hydrogens is 306 g/mol. The number of nitrogens with two attached hydrogens (primary N) is 1. The third-order valence-electron chi connectivity index (χ3n) is 4.31. The largest absolute Gasteiger partial charge is 0.393 e. The molecule has 0 heterocycles. The summed E-state index contributed by atoms with van der Waals surface area (Å²) in [5.41, 5.74) is 7.25. The number of hydrogen-bond acceptors (Lipinski definition) is 4. The fourth-order valence-corrected chi connectivity index (χ4v) is 5.55. The van der Waals surface area contributed by atoms with Crippen molar-refractivity contribution in [2.24, 2.45) is 11.1 Å². The van der Waals surface area contributed by atoms with E-state index in [2.05, 4.69) is 6.92 Å². The molecule has 0 saturated heterocycles. The summed E-state index contributed by atoms with van der Waals surface area (Å²) >= 11 is 5.16. The topological polar surface area (TPSA) is 69.4 Å². The quantitative estimate of drug-likeness (QED) is 0.805. The van der Waals surface area contributed by atoms with Crippen molar-refractivity contribution in [1.29, 1.82) is 0 Å². The molecule has 1 aliphatic carbocycles. The van der Waals surface area contributed by atoms with Crippen LogP contribution < -0.4 is 5.73 Å². The average molecular weight is 327 g/mol. The molecule has 1 aromatic rings. The first kappa shape index (κ1) is 16.4. The van der Waals surface area contributed by atoms with Gasteiger partial charge in [-0.2, -0.15) is 0 Å². The Balaban J connectivity index is 2.46. The van der Waals surface area contributed by atoms with Crippen molar-refractivity contribution in [3.63, 3.8) is 0 Å². The number of methoxy groups -OCH3 is 1. The zero-order chi connectivity index (χ0) is 15.8. The van der Waals surface area contributed by atoms with Crippen molar-refractivity contribution < 1.29 is 13.2 Å². The minimum absolute atomic E-state index is 0.212. The van der Waals surface area contributed by atoms with E-state index in [0.29, 0.717) is 0 Å². The van der Waals surface area contributed by atoms with Crippen LogP contribution in [0.1, 0.15) is 24.0 Å². The summed E-state index contributed by atoms with van der Waals surface area (Å²) in [7, 11) is -1.73. The molecule has 116 valence electrons. The predicted octanol–water partition coefficient (Wildman–Crippen LogP) is 1.68. The summed E-state index contributed by atoms with van der Waals surface area (Å²) in [6.07, 6.45) is 2.18. The number of ether oxygens (including phenoxy) is 1. The molecule has 1 saturated carbocycles. The number of hydrogen-bond donors (Lipinski definition) is 1. The Bertz CT molecular complexity index is 639. The minimum atomic E-state index is -3.26. The smallest absolute Gasteiger partial charge is 0.152 e. The second-order valence-corrected chi connectivity index (χ2v) is 8.27. The fourth-order valence-electron chi connectivity index (χ4n) is 3.24. The van der Waals surface area contributed by atoms with E-state index in [9.17, 15) is 8.42 Å². The molecule has 1 aromatic carbocycles. The third kappa shape index (κ3) is 2.72. The van der Waals surface area contributed by atoms with Crippen molar-refractivity contribution in [3.05, 3.63) is 35.4 Å². The Hall–Kier alpha value is -0.980. The monoisotopic (exact) mass is 327 g/mol. The first-order valence-electron chi connectivity index (χ1n) is 6.85. The van der Waals surface area contributed by atoms with Gasteiger partial charge in [0.15, 0.2) is 9.84 Å². The van der Waals surface area contributed by atoms with Crippen molar-refractivity contribution in [2.75, 3.05) is 20.0 Å². The van der Waals surface area contributed by atoms with Gasteiger partial charge in [0.2, 0.25) is 0 Å². The van der Waals surface area contributed by atoms with Gasteiger partial charge in [0.1, 0.15) is 0 Å². The van der Waals surface area contributed by atoms with Crippen LogP contribution in [0.25, 0.3) is 0 Å². The summed E-state index contributed by atoms with van der Waals surface area (Å²) in [5.74, 6) is -0.226. The Morgan fingerprint density at radius 3 is 2.33 bits per heavy atom.